The van der Waals surface area contributed by atoms with Crippen molar-refractivity contribution in [1.29, 1.82) is 0 Å². The van der Waals surface area contributed by atoms with Gasteiger partial charge >= 0.3 is 13.1 Å². The molecule has 2 unspecified atom stereocenters. The largest absolute Gasteiger partial charge is 0.480 e. The Morgan fingerprint density at radius 2 is 2.15 bits per heavy atom. The van der Waals surface area contributed by atoms with Gasteiger partial charge < -0.3 is 26.0 Å². The lowest BCUT2D eigenvalue weighted by atomic mass is 9.80. The van der Waals surface area contributed by atoms with Crippen LogP contribution < -0.4 is 5.73 Å². The quantitative estimate of drug-likeness (QED) is 0.321. The number of aliphatic hydroxyl groups is 1. The minimum absolute atomic E-state index is 0.0190. The first-order valence-corrected chi connectivity index (χ1v) is 6.34. The molecule has 0 aliphatic heterocycles. The number of nitrogens with zero attached hydrogens (tertiary/aromatic N) is 1. The van der Waals surface area contributed by atoms with Crippen LogP contribution in [0.15, 0.2) is 24.5 Å². The average molecular weight is 282 g/mol. The van der Waals surface area contributed by atoms with Gasteiger partial charge in [-0.15, -0.1) is 0 Å². The summed E-state index contributed by atoms with van der Waals surface area (Å²) in [6, 6.07) is 3.14. The number of unbranched alkanes of at least 4 members (excludes halogenated alkanes) is 1. The van der Waals surface area contributed by atoms with Crippen molar-refractivity contribution >= 4 is 13.1 Å². The topological polar surface area (TPSA) is 137 Å². The molecule has 1 rings (SSSR count). The van der Waals surface area contributed by atoms with Crippen LogP contribution >= 0.6 is 0 Å². The molecule has 0 spiro atoms. The molecule has 8 heteroatoms. The van der Waals surface area contributed by atoms with E-state index in [1.54, 1.807) is 12.1 Å². The Bertz CT molecular complexity index is 431. The first-order valence-electron chi connectivity index (χ1n) is 6.34. The molecule has 1 heterocycles. The Hall–Kier alpha value is -1.48. The van der Waals surface area contributed by atoms with E-state index in [2.05, 4.69) is 4.98 Å². The fourth-order valence-corrected chi connectivity index (χ4v) is 1.94. The third-order valence-electron chi connectivity index (χ3n) is 3.19. The molecule has 0 radical (unpaired) electrons. The van der Waals surface area contributed by atoms with E-state index in [0.717, 1.165) is 0 Å². The summed E-state index contributed by atoms with van der Waals surface area (Å²) in [5.41, 5.74) is 4.33. The molecule has 110 valence electrons. The van der Waals surface area contributed by atoms with Crippen molar-refractivity contribution in [1.82, 2.24) is 4.98 Å². The number of carboxylic acid groups (broad SMARTS) is 1. The Balaban J connectivity index is 2.73. The van der Waals surface area contributed by atoms with Crippen LogP contribution in [-0.2, 0) is 4.79 Å². The number of nitrogens with two attached hydrogens (primary N) is 1. The highest BCUT2D eigenvalue weighted by atomic mass is 16.4. The van der Waals surface area contributed by atoms with Crippen molar-refractivity contribution in [2.45, 2.75) is 37.2 Å². The van der Waals surface area contributed by atoms with Crippen LogP contribution in [0.4, 0.5) is 0 Å². The van der Waals surface area contributed by atoms with Gasteiger partial charge in [0.25, 0.3) is 0 Å². The van der Waals surface area contributed by atoms with Crippen LogP contribution in [0.2, 0.25) is 6.32 Å². The van der Waals surface area contributed by atoms with Crippen molar-refractivity contribution in [3.05, 3.63) is 30.1 Å². The highest BCUT2D eigenvalue weighted by Gasteiger charge is 2.42. The first-order chi connectivity index (χ1) is 9.38. The van der Waals surface area contributed by atoms with Crippen LogP contribution in [0.5, 0.6) is 0 Å². The highest BCUT2D eigenvalue weighted by Crippen LogP contribution is 2.28. The molecule has 0 aliphatic rings. The monoisotopic (exact) mass is 282 g/mol. The predicted molar refractivity (Wildman–Crippen MR) is 72.6 cm³/mol. The van der Waals surface area contributed by atoms with E-state index in [9.17, 15) is 15.0 Å². The van der Waals surface area contributed by atoms with Crippen LogP contribution in [0.25, 0.3) is 0 Å². The van der Waals surface area contributed by atoms with E-state index in [1.807, 2.05) is 0 Å². The van der Waals surface area contributed by atoms with Gasteiger partial charge in [0.05, 0.1) is 0 Å². The molecule has 0 bridgehead atoms. The minimum atomic E-state index is -1.83. The molecule has 1 aromatic heterocycles. The maximum Gasteiger partial charge on any atom is 0.451 e. The maximum atomic E-state index is 11.4. The number of carboxylic acids is 1. The molecule has 0 saturated heterocycles. The van der Waals surface area contributed by atoms with Gasteiger partial charge in [0.2, 0.25) is 0 Å². The van der Waals surface area contributed by atoms with Crippen LogP contribution in [0, 0.1) is 0 Å². The summed E-state index contributed by atoms with van der Waals surface area (Å²) in [5.74, 6) is -1.31. The lowest BCUT2D eigenvalue weighted by Gasteiger charge is -2.30. The zero-order valence-electron chi connectivity index (χ0n) is 11.0. The van der Waals surface area contributed by atoms with E-state index in [1.165, 1.54) is 12.4 Å². The minimum Gasteiger partial charge on any atom is -0.480 e. The van der Waals surface area contributed by atoms with Gasteiger partial charge in [0.15, 0.2) is 0 Å². The summed E-state index contributed by atoms with van der Waals surface area (Å²) < 4.78 is 0. The fourth-order valence-electron chi connectivity index (χ4n) is 1.94. The van der Waals surface area contributed by atoms with Crippen LogP contribution in [0.3, 0.4) is 0 Å². The molecule has 0 amide bonds. The third kappa shape index (κ3) is 4.27. The summed E-state index contributed by atoms with van der Waals surface area (Å²) >= 11 is 0. The lowest BCUT2D eigenvalue weighted by molar-refractivity contribution is -0.148. The van der Waals surface area contributed by atoms with Gasteiger partial charge in [-0.25, -0.2) is 0 Å². The number of aliphatic hydroxyl groups excluding tert-OH is 1. The molecule has 1 aromatic rings. The zero-order chi connectivity index (χ0) is 15.2. The summed E-state index contributed by atoms with van der Waals surface area (Å²) in [4.78, 5) is 15.2. The Morgan fingerprint density at radius 3 is 2.65 bits per heavy atom. The second-order valence-electron chi connectivity index (χ2n) is 4.76. The molecular formula is C12H19BN2O5. The SMILES string of the molecule is NC(CCCCB(O)O)(C(=O)O)C(O)c1cccnc1. The zero-order valence-corrected chi connectivity index (χ0v) is 11.0. The second kappa shape index (κ2) is 7.35. The molecule has 20 heavy (non-hydrogen) atoms. The number of hydrogen-bond donors (Lipinski definition) is 5. The molecule has 0 aromatic carbocycles. The second-order valence-corrected chi connectivity index (χ2v) is 4.76. The molecule has 0 saturated carbocycles. The number of carbonyl (C=O) groups is 1. The summed E-state index contributed by atoms with van der Waals surface area (Å²) in [7, 11) is -1.42. The van der Waals surface area contributed by atoms with Crippen LogP contribution in [-0.4, -0.2) is 43.9 Å². The van der Waals surface area contributed by atoms with Crippen molar-refractivity contribution in [3.8, 4) is 0 Å². The van der Waals surface area contributed by atoms with Gasteiger partial charge in [-0.2, -0.15) is 0 Å². The van der Waals surface area contributed by atoms with Crippen molar-refractivity contribution in [2.24, 2.45) is 5.73 Å². The molecular weight excluding hydrogens is 263 g/mol. The third-order valence-corrected chi connectivity index (χ3v) is 3.19. The standard InChI is InChI=1S/C12H19BN2O5/c14-12(11(17)18,5-1-2-6-13(19)20)10(16)9-4-3-7-15-8-9/h3-4,7-8,10,16,19-20H,1-2,5-6,14H2,(H,17,18). The number of aromatic nitrogens is 1. The molecule has 6 N–H and O–H groups in total. The lowest BCUT2D eigenvalue weighted by Crippen LogP contribution is -2.53. The Labute approximate surface area is 117 Å². The number of pyridine rings is 1. The fraction of sp³-hybridized carbons (Fsp3) is 0.500. The molecule has 7 nitrogen and oxygen atoms in total. The molecule has 2 atom stereocenters. The van der Waals surface area contributed by atoms with E-state index < -0.39 is 24.7 Å². The smallest absolute Gasteiger partial charge is 0.451 e. The summed E-state index contributed by atoms with van der Waals surface area (Å²) in [6.07, 6.45) is 2.42. The van der Waals surface area contributed by atoms with Crippen molar-refractivity contribution in [2.75, 3.05) is 0 Å². The Morgan fingerprint density at radius 1 is 1.45 bits per heavy atom. The molecule has 0 aliphatic carbocycles. The van der Waals surface area contributed by atoms with Gasteiger partial charge in [0, 0.05) is 18.0 Å². The van der Waals surface area contributed by atoms with Crippen molar-refractivity contribution in [3.63, 3.8) is 0 Å². The van der Waals surface area contributed by atoms with Gasteiger partial charge in [-0.1, -0.05) is 18.9 Å². The Kier molecular flexibility index (Phi) is 6.09. The summed E-state index contributed by atoms with van der Waals surface area (Å²) in [6.45, 7) is 0. The predicted octanol–water partition coefficient (Wildman–Crippen LogP) is -0.460. The van der Waals surface area contributed by atoms with Gasteiger partial charge in [-0.3, -0.25) is 9.78 Å². The first kappa shape index (κ1) is 16.6. The maximum absolute atomic E-state index is 11.4. The normalized spacial score (nSPS) is 15.4. The van der Waals surface area contributed by atoms with Crippen molar-refractivity contribution < 1.29 is 25.1 Å². The highest BCUT2D eigenvalue weighted by molar-refractivity contribution is 6.40. The van der Waals surface area contributed by atoms with Gasteiger partial charge in [0.1, 0.15) is 11.6 Å². The molecule has 0 fully saturated rings. The van der Waals surface area contributed by atoms with E-state index >= 15 is 0 Å². The van der Waals surface area contributed by atoms with E-state index in [-0.39, 0.29) is 12.7 Å². The number of aliphatic carboxylic acids is 1. The van der Waals surface area contributed by atoms with E-state index in [4.69, 9.17) is 15.8 Å². The number of rotatable bonds is 8. The van der Waals surface area contributed by atoms with Crippen LogP contribution in [0.1, 0.15) is 30.9 Å². The average Bonchev–Trinajstić information content (AvgIpc) is 2.43. The summed E-state index contributed by atoms with van der Waals surface area (Å²) in [5, 5.41) is 36.9. The van der Waals surface area contributed by atoms with E-state index in [0.29, 0.717) is 18.4 Å². The number of hydrogen-bond acceptors (Lipinski definition) is 6. The van der Waals surface area contributed by atoms with Gasteiger partial charge in [-0.05, 0) is 18.8 Å².